The number of fused-ring (bicyclic) bond motifs is 1. The number of hydrogen-bond donors (Lipinski definition) is 2. The van der Waals surface area contributed by atoms with Crippen LogP contribution in [-0.2, 0) is 19.5 Å². The summed E-state index contributed by atoms with van der Waals surface area (Å²) in [5.74, 6) is 0.0712. The van der Waals surface area contributed by atoms with Crippen molar-refractivity contribution in [2.75, 3.05) is 26.1 Å². The zero-order valence-corrected chi connectivity index (χ0v) is 20.1. The van der Waals surface area contributed by atoms with Crippen molar-refractivity contribution in [1.29, 1.82) is 0 Å². The van der Waals surface area contributed by atoms with Crippen LogP contribution in [0.1, 0.15) is 36.7 Å². The fourth-order valence-electron chi connectivity index (χ4n) is 3.94. The Balaban J connectivity index is 0.00000306. The van der Waals surface area contributed by atoms with E-state index >= 15 is 0 Å². The highest BCUT2D eigenvalue weighted by Gasteiger charge is 2.28. The lowest BCUT2D eigenvalue weighted by atomic mass is 10.0. The number of nitrogens with zero attached hydrogens (tertiary/aromatic N) is 1. The Labute approximate surface area is 202 Å². The fourth-order valence-corrected chi connectivity index (χ4v) is 5.23. The van der Waals surface area contributed by atoms with E-state index in [9.17, 15) is 9.59 Å². The van der Waals surface area contributed by atoms with Crippen LogP contribution in [0.2, 0.25) is 0 Å². The summed E-state index contributed by atoms with van der Waals surface area (Å²) in [6, 6.07) is 15.2. The number of amides is 2. The van der Waals surface area contributed by atoms with Crippen molar-refractivity contribution < 1.29 is 19.1 Å². The molecule has 0 bridgehead atoms. The van der Waals surface area contributed by atoms with Gasteiger partial charge in [0.25, 0.3) is 11.8 Å². The number of hydrogen-bond acceptors (Lipinski definition) is 6. The molecule has 3 aromatic rings. The van der Waals surface area contributed by atoms with Crippen LogP contribution in [0.25, 0.3) is 0 Å². The standard InChI is InChI=1S/C24H25N3O4S.ClH/c1-30-16-8-9-17(19(12-16)31-2)23(29)26-24-21(22(25)28)18-10-11-27(14-20(18)32-24)13-15-6-4-3-5-7-15;/h3-9,12H,10-11,13-14H2,1-2H3,(H2,25,28)(H,26,29);1H. The topological polar surface area (TPSA) is 93.9 Å². The highest BCUT2D eigenvalue weighted by Crippen LogP contribution is 2.38. The van der Waals surface area contributed by atoms with Crippen LogP contribution >= 0.6 is 23.7 Å². The van der Waals surface area contributed by atoms with Crippen LogP contribution in [0, 0.1) is 0 Å². The second-order valence-electron chi connectivity index (χ2n) is 7.54. The third kappa shape index (κ3) is 5.30. The summed E-state index contributed by atoms with van der Waals surface area (Å²) in [4.78, 5) is 28.7. The molecule has 0 aliphatic carbocycles. The molecular weight excluding hydrogens is 462 g/mol. The molecule has 0 spiro atoms. The van der Waals surface area contributed by atoms with E-state index in [0.29, 0.717) is 40.6 Å². The molecule has 9 heteroatoms. The van der Waals surface area contributed by atoms with Crippen molar-refractivity contribution in [3.8, 4) is 11.5 Å². The van der Waals surface area contributed by atoms with E-state index < -0.39 is 5.91 Å². The lowest BCUT2D eigenvalue weighted by Gasteiger charge is -2.27. The molecule has 2 aromatic carbocycles. The van der Waals surface area contributed by atoms with Gasteiger partial charge >= 0.3 is 0 Å². The number of nitrogens with two attached hydrogens (primary N) is 1. The predicted molar refractivity (Wildman–Crippen MR) is 132 cm³/mol. The van der Waals surface area contributed by atoms with Crippen LogP contribution in [0.3, 0.4) is 0 Å². The SMILES string of the molecule is COc1ccc(C(=O)Nc2sc3c(c2C(N)=O)CCN(Cc2ccccc2)C3)c(OC)c1.Cl. The molecule has 174 valence electrons. The second kappa shape index (κ2) is 10.7. The molecule has 0 unspecified atom stereocenters. The number of primary amides is 1. The Morgan fingerprint density at radius 3 is 2.55 bits per heavy atom. The number of thiophene rings is 1. The average molecular weight is 488 g/mol. The number of anilines is 1. The van der Waals surface area contributed by atoms with E-state index in [-0.39, 0.29) is 18.3 Å². The third-order valence-electron chi connectivity index (χ3n) is 5.51. The predicted octanol–water partition coefficient (Wildman–Crippen LogP) is 4.10. The van der Waals surface area contributed by atoms with E-state index in [1.165, 1.54) is 24.0 Å². The molecule has 0 saturated carbocycles. The summed E-state index contributed by atoms with van der Waals surface area (Å²) >= 11 is 1.41. The Morgan fingerprint density at radius 1 is 1.12 bits per heavy atom. The minimum absolute atomic E-state index is 0. The summed E-state index contributed by atoms with van der Waals surface area (Å²) < 4.78 is 10.5. The molecule has 0 radical (unpaired) electrons. The molecule has 1 aromatic heterocycles. The van der Waals surface area contributed by atoms with E-state index in [1.807, 2.05) is 18.2 Å². The zero-order chi connectivity index (χ0) is 22.7. The number of carbonyl (C=O) groups is 2. The van der Waals surface area contributed by atoms with E-state index in [0.717, 1.165) is 23.5 Å². The Morgan fingerprint density at radius 2 is 1.88 bits per heavy atom. The highest BCUT2D eigenvalue weighted by molar-refractivity contribution is 7.17. The van der Waals surface area contributed by atoms with Gasteiger partial charge in [-0.25, -0.2) is 0 Å². The van der Waals surface area contributed by atoms with Crippen molar-refractivity contribution >= 4 is 40.6 Å². The zero-order valence-electron chi connectivity index (χ0n) is 18.4. The normalized spacial score (nSPS) is 12.9. The van der Waals surface area contributed by atoms with Crippen molar-refractivity contribution in [2.24, 2.45) is 5.73 Å². The summed E-state index contributed by atoms with van der Waals surface area (Å²) in [7, 11) is 3.04. The smallest absolute Gasteiger partial charge is 0.260 e. The molecule has 1 aliphatic heterocycles. The van der Waals surface area contributed by atoms with Gasteiger partial charge in [-0.2, -0.15) is 0 Å². The van der Waals surface area contributed by atoms with Crippen LogP contribution in [-0.4, -0.2) is 37.5 Å². The molecular formula is C24H26ClN3O4S. The van der Waals surface area contributed by atoms with Gasteiger partial charge in [-0.3, -0.25) is 14.5 Å². The first-order chi connectivity index (χ1) is 15.5. The van der Waals surface area contributed by atoms with E-state index in [1.54, 1.807) is 25.3 Å². The largest absolute Gasteiger partial charge is 0.497 e. The van der Waals surface area contributed by atoms with Gasteiger partial charge in [0.05, 0.1) is 25.3 Å². The van der Waals surface area contributed by atoms with Crippen LogP contribution < -0.4 is 20.5 Å². The number of rotatable bonds is 7. The number of carbonyl (C=O) groups excluding carboxylic acids is 2. The van der Waals surface area contributed by atoms with E-state index in [2.05, 4.69) is 22.3 Å². The molecule has 7 nitrogen and oxygen atoms in total. The first kappa shape index (κ1) is 24.6. The minimum Gasteiger partial charge on any atom is -0.497 e. The lowest BCUT2D eigenvalue weighted by molar-refractivity contribution is 0.0999. The van der Waals surface area contributed by atoms with Crippen molar-refractivity contribution in [3.63, 3.8) is 0 Å². The fraction of sp³-hybridized carbons (Fsp3) is 0.250. The average Bonchev–Trinajstić information content (AvgIpc) is 3.16. The maximum absolute atomic E-state index is 13.0. The first-order valence-corrected chi connectivity index (χ1v) is 11.1. The number of nitrogens with one attached hydrogen (secondary N) is 1. The Hall–Kier alpha value is -3.07. The molecule has 33 heavy (non-hydrogen) atoms. The molecule has 3 N–H and O–H groups in total. The van der Waals surface area contributed by atoms with Crippen LogP contribution in [0.15, 0.2) is 48.5 Å². The Bertz CT molecular complexity index is 1150. The number of halogens is 1. The maximum Gasteiger partial charge on any atom is 0.260 e. The summed E-state index contributed by atoms with van der Waals surface area (Å²) in [6.45, 7) is 2.35. The molecule has 2 heterocycles. The van der Waals surface area contributed by atoms with Crippen molar-refractivity contribution in [2.45, 2.75) is 19.5 Å². The second-order valence-corrected chi connectivity index (χ2v) is 8.64. The van der Waals surface area contributed by atoms with Gasteiger partial charge in [0.1, 0.15) is 16.5 Å². The molecule has 1 aliphatic rings. The summed E-state index contributed by atoms with van der Waals surface area (Å²) in [5, 5.41) is 3.36. The summed E-state index contributed by atoms with van der Waals surface area (Å²) in [5.41, 5.74) is 8.64. The van der Waals surface area contributed by atoms with Gasteiger partial charge in [-0.15, -0.1) is 23.7 Å². The molecule has 4 rings (SSSR count). The minimum atomic E-state index is -0.531. The van der Waals surface area contributed by atoms with Crippen LogP contribution in [0.4, 0.5) is 5.00 Å². The maximum atomic E-state index is 13.0. The van der Waals surface area contributed by atoms with Crippen molar-refractivity contribution in [1.82, 2.24) is 4.90 Å². The van der Waals surface area contributed by atoms with Gasteiger partial charge in [-0.05, 0) is 29.7 Å². The number of benzene rings is 2. The monoisotopic (exact) mass is 487 g/mol. The van der Waals surface area contributed by atoms with E-state index in [4.69, 9.17) is 15.2 Å². The molecule has 0 fully saturated rings. The van der Waals surface area contributed by atoms with Crippen molar-refractivity contribution in [3.05, 3.63) is 75.7 Å². The van der Waals surface area contributed by atoms with Gasteiger partial charge < -0.3 is 20.5 Å². The van der Waals surface area contributed by atoms with Gasteiger partial charge in [0, 0.05) is 30.6 Å². The van der Waals surface area contributed by atoms with Gasteiger partial charge in [0.2, 0.25) is 0 Å². The lowest BCUT2D eigenvalue weighted by Crippen LogP contribution is -2.30. The summed E-state index contributed by atoms with van der Waals surface area (Å²) in [6.07, 6.45) is 0.707. The number of methoxy groups -OCH3 is 2. The highest BCUT2D eigenvalue weighted by atomic mass is 35.5. The Kier molecular flexibility index (Phi) is 7.97. The third-order valence-corrected chi connectivity index (χ3v) is 6.64. The molecule has 2 amide bonds. The first-order valence-electron chi connectivity index (χ1n) is 10.2. The van der Waals surface area contributed by atoms with Gasteiger partial charge in [0.15, 0.2) is 0 Å². The van der Waals surface area contributed by atoms with Crippen LogP contribution in [0.5, 0.6) is 11.5 Å². The molecule has 0 atom stereocenters. The molecule has 0 saturated heterocycles. The number of ether oxygens (including phenoxy) is 2. The van der Waals surface area contributed by atoms with Gasteiger partial charge in [-0.1, -0.05) is 30.3 Å². The quantitative estimate of drug-likeness (QED) is 0.523.